The highest BCUT2D eigenvalue weighted by Gasteiger charge is 2.15. The van der Waals surface area contributed by atoms with Gasteiger partial charge in [0.05, 0.1) is 31.5 Å². The summed E-state index contributed by atoms with van der Waals surface area (Å²) in [6.45, 7) is 0.740. The van der Waals surface area contributed by atoms with E-state index < -0.39 is 0 Å². The van der Waals surface area contributed by atoms with E-state index in [1.165, 1.54) is 0 Å². The first kappa shape index (κ1) is 17.5. The molecule has 138 valence electrons. The van der Waals surface area contributed by atoms with E-state index in [9.17, 15) is 0 Å². The predicted molar refractivity (Wildman–Crippen MR) is 106 cm³/mol. The molecule has 0 aliphatic heterocycles. The lowest BCUT2D eigenvalue weighted by Crippen LogP contribution is -2.04. The van der Waals surface area contributed by atoms with Crippen molar-refractivity contribution in [3.05, 3.63) is 65.4 Å². The van der Waals surface area contributed by atoms with Gasteiger partial charge < -0.3 is 18.5 Å². The Morgan fingerprint density at radius 2 is 1.89 bits per heavy atom. The predicted octanol–water partition coefficient (Wildman–Crippen LogP) is 5.21. The average molecular weight is 383 g/mol. The summed E-state index contributed by atoms with van der Waals surface area (Å²) in [6, 6.07) is 15.5. The van der Waals surface area contributed by atoms with E-state index in [-0.39, 0.29) is 0 Å². The van der Waals surface area contributed by atoms with Crippen LogP contribution in [0.3, 0.4) is 0 Å². The van der Waals surface area contributed by atoms with Crippen LogP contribution in [0.4, 0.5) is 0 Å². The number of nitrogens with zero attached hydrogens (tertiary/aromatic N) is 2. The van der Waals surface area contributed by atoms with Crippen molar-refractivity contribution >= 4 is 22.6 Å². The molecule has 0 saturated heterocycles. The molecule has 6 heteroatoms. The van der Waals surface area contributed by atoms with Gasteiger partial charge in [-0.05, 0) is 54.4 Å². The second-order valence-corrected chi connectivity index (χ2v) is 6.57. The summed E-state index contributed by atoms with van der Waals surface area (Å²) < 4.78 is 18.5. The van der Waals surface area contributed by atoms with Crippen LogP contribution < -0.4 is 9.47 Å². The number of rotatable bonds is 6. The number of hydrogen-bond acceptors (Lipinski definition) is 4. The van der Waals surface area contributed by atoms with E-state index in [0.717, 1.165) is 52.6 Å². The second-order valence-electron chi connectivity index (χ2n) is 6.14. The SMILES string of the molecule is COc1ccc(CCn2c(-c3ccco3)nc3cc(Cl)ccc32)cc1OC. The summed E-state index contributed by atoms with van der Waals surface area (Å²) in [7, 11) is 3.28. The molecule has 0 fully saturated rings. The van der Waals surface area contributed by atoms with Gasteiger partial charge in [-0.1, -0.05) is 17.7 Å². The zero-order valence-corrected chi connectivity index (χ0v) is 15.9. The lowest BCUT2D eigenvalue weighted by atomic mass is 10.1. The lowest BCUT2D eigenvalue weighted by Gasteiger charge is -2.11. The van der Waals surface area contributed by atoms with Gasteiger partial charge in [0.25, 0.3) is 0 Å². The highest BCUT2D eigenvalue weighted by molar-refractivity contribution is 6.31. The van der Waals surface area contributed by atoms with Crippen LogP contribution in [0.25, 0.3) is 22.6 Å². The number of methoxy groups -OCH3 is 2. The normalized spacial score (nSPS) is 11.1. The van der Waals surface area contributed by atoms with Crippen molar-refractivity contribution in [2.24, 2.45) is 0 Å². The van der Waals surface area contributed by atoms with Gasteiger partial charge in [-0.2, -0.15) is 0 Å². The molecule has 0 amide bonds. The molecular weight excluding hydrogens is 364 g/mol. The van der Waals surface area contributed by atoms with Crippen LogP contribution in [0.5, 0.6) is 11.5 Å². The van der Waals surface area contributed by atoms with Gasteiger partial charge in [0.2, 0.25) is 0 Å². The van der Waals surface area contributed by atoms with Gasteiger partial charge in [-0.3, -0.25) is 0 Å². The van der Waals surface area contributed by atoms with E-state index in [4.69, 9.17) is 30.5 Å². The number of hydrogen-bond donors (Lipinski definition) is 0. The zero-order valence-electron chi connectivity index (χ0n) is 15.1. The van der Waals surface area contributed by atoms with Crippen LogP contribution in [-0.2, 0) is 13.0 Å². The fourth-order valence-electron chi connectivity index (χ4n) is 3.20. The molecule has 0 bridgehead atoms. The minimum absolute atomic E-state index is 0.665. The molecule has 0 saturated carbocycles. The molecule has 5 nitrogen and oxygen atoms in total. The standard InChI is InChI=1S/C21H19ClN2O3/c1-25-18-8-5-14(12-20(18)26-2)9-10-24-17-7-6-15(22)13-16(17)23-21(24)19-4-3-11-27-19/h3-8,11-13H,9-10H2,1-2H3. The first-order chi connectivity index (χ1) is 13.2. The molecule has 0 N–H and O–H groups in total. The van der Waals surface area contributed by atoms with Gasteiger partial charge in [-0.15, -0.1) is 0 Å². The molecular formula is C21H19ClN2O3. The van der Waals surface area contributed by atoms with E-state index in [2.05, 4.69) is 4.57 Å². The van der Waals surface area contributed by atoms with Crippen LogP contribution in [-0.4, -0.2) is 23.8 Å². The first-order valence-electron chi connectivity index (χ1n) is 8.60. The highest BCUT2D eigenvalue weighted by atomic mass is 35.5. The fraction of sp³-hybridized carbons (Fsp3) is 0.190. The van der Waals surface area contributed by atoms with Crippen molar-refractivity contribution in [2.45, 2.75) is 13.0 Å². The van der Waals surface area contributed by atoms with Crippen LogP contribution >= 0.6 is 11.6 Å². The molecule has 0 radical (unpaired) electrons. The molecule has 0 spiro atoms. The molecule has 27 heavy (non-hydrogen) atoms. The Morgan fingerprint density at radius 1 is 1.04 bits per heavy atom. The molecule has 0 aliphatic carbocycles. The van der Waals surface area contributed by atoms with Crippen molar-refractivity contribution in [3.8, 4) is 23.1 Å². The smallest absolute Gasteiger partial charge is 0.177 e. The third-order valence-electron chi connectivity index (χ3n) is 4.52. The van der Waals surface area contributed by atoms with E-state index in [1.807, 2.05) is 48.5 Å². The molecule has 0 atom stereocenters. The van der Waals surface area contributed by atoms with Crippen molar-refractivity contribution in [1.29, 1.82) is 0 Å². The number of halogens is 1. The monoisotopic (exact) mass is 382 g/mol. The number of furan rings is 1. The number of aromatic nitrogens is 2. The minimum Gasteiger partial charge on any atom is -0.493 e. The minimum atomic E-state index is 0.665. The summed E-state index contributed by atoms with van der Waals surface area (Å²) in [5, 5.41) is 0.665. The second kappa shape index (κ2) is 7.37. The summed E-state index contributed by atoms with van der Waals surface area (Å²) >= 11 is 6.14. The Labute approximate surface area is 162 Å². The van der Waals surface area contributed by atoms with Crippen LogP contribution in [0, 0.1) is 0 Å². The molecule has 0 aliphatic rings. The maximum absolute atomic E-state index is 6.14. The average Bonchev–Trinajstić information content (AvgIpc) is 3.33. The van der Waals surface area contributed by atoms with E-state index in [1.54, 1.807) is 20.5 Å². The van der Waals surface area contributed by atoms with Crippen molar-refractivity contribution < 1.29 is 13.9 Å². The zero-order chi connectivity index (χ0) is 18.8. The highest BCUT2D eigenvalue weighted by Crippen LogP contribution is 2.30. The first-order valence-corrected chi connectivity index (χ1v) is 8.98. The molecule has 0 unspecified atom stereocenters. The Kier molecular flexibility index (Phi) is 4.77. The number of benzene rings is 2. The Bertz CT molecular complexity index is 1070. The van der Waals surface area contributed by atoms with Crippen molar-refractivity contribution in [3.63, 3.8) is 0 Å². The maximum atomic E-state index is 6.14. The molecule has 4 aromatic rings. The van der Waals surface area contributed by atoms with Gasteiger partial charge in [-0.25, -0.2) is 4.98 Å². The van der Waals surface area contributed by atoms with Gasteiger partial charge in [0.1, 0.15) is 0 Å². The quantitative estimate of drug-likeness (QED) is 0.459. The topological polar surface area (TPSA) is 49.4 Å². The molecule has 2 aromatic heterocycles. The third kappa shape index (κ3) is 3.38. The Hall–Kier alpha value is -2.92. The summed E-state index contributed by atoms with van der Waals surface area (Å²) in [4.78, 5) is 4.73. The van der Waals surface area contributed by atoms with Crippen molar-refractivity contribution in [2.75, 3.05) is 14.2 Å². The number of fused-ring (bicyclic) bond motifs is 1. The summed E-state index contributed by atoms with van der Waals surface area (Å²) in [5.74, 6) is 2.97. The molecule has 4 rings (SSSR count). The largest absolute Gasteiger partial charge is 0.493 e. The number of aryl methyl sites for hydroxylation is 2. The lowest BCUT2D eigenvalue weighted by molar-refractivity contribution is 0.354. The Morgan fingerprint density at radius 3 is 2.63 bits per heavy atom. The van der Waals surface area contributed by atoms with Gasteiger partial charge >= 0.3 is 0 Å². The summed E-state index contributed by atoms with van der Waals surface area (Å²) in [5.41, 5.74) is 3.02. The van der Waals surface area contributed by atoms with Crippen molar-refractivity contribution in [1.82, 2.24) is 9.55 Å². The number of imidazole rings is 1. The van der Waals surface area contributed by atoms with E-state index >= 15 is 0 Å². The summed E-state index contributed by atoms with van der Waals surface area (Å²) in [6.07, 6.45) is 2.46. The van der Waals surface area contributed by atoms with Gasteiger partial charge in [0.15, 0.2) is 23.1 Å². The molecule has 2 heterocycles. The van der Waals surface area contributed by atoms with Crippen LogP contribution in [0.15, 0.2) is 59.2 Å². The molecule has 2 aromatic carbocycles. The third-order valence-corrected chi connectivity index (χ3v) is 4.76. The fourth-order valence-corrected chi connectivity index (χ4v) is 3.37. The van der Waals surface area contributed by atoms with Crippen LogP contribution in [0.2, 0.25) is 5.02 Å². The van der Waals surface area contributed by atoms with Crippen LogP contribution in [0.1, 0.15) is 5.56 Å². The maximum Gasteiger partial charge on any atom is 0.177 e. The van der Waals surface area contributed by atoms with Gasteiger partial charge in [0, 0.05) is 11.6 Å². The Balaban J connectivity index is 1.70. The van der Waals surface area contributed by atoms with E-state index in [0.29, 0.717) is 5.02 Å². The number of ether oxygens (including phenoxy) is 2.